The molecule has 0 saturated heterocycles. The number of nitrogens with two attached hydrogens (primary N) is 1. The second-order valence-corrected chi connectivity index (χ2v) is 5.65. The summed E-state index contributed by atoms with van der Waals surface area (Å²) in [4.78, 5) is 8.91. The Balaban J connectivity index is 2.18. The number of rotatable bonds is 4. The first-order valence-corrected chi connectivity index (χ1v) is 7.42. The van der Waals surface area contributed by atoms with Crippen molar-refractivity contribution in [3.05, 3.63) is 52.1 Å². The van der Waals surface area contributed by atoms with Crippen molar-refractivity contribution in [3.8, 4) is 0 Å². The summed E-state index contributed by atoms with van der Waals surface area (Å²) < 4.78 is 13.3. The molecule has 0 bridgehead atoms. The summed E-state index contributed by atoms with van der Waals surface area (Å²) in [5, 5.41) is 0.720. The first kappa shape index (κ1) is 14.9. The first-order chi connectivity index (χ1) is 9.51. The van der Waals surface area contributed by atoms with Crippen molar-refractivity contribution in [3.63, 3.8) is 0 Å². The van der Waals surface area contributed by atoms with E-state index >= 15 is 0 Å². The van der Waals surface area contributed by atoms with E-state index in [0.717, 1.165) is 33.2 Å². The van der Waals surface area contributed by atoms with Crippen LogP contribution in [0.2, 0.25) is 0 Å². The van der Waals surface area contributed by atoms with Gasteiger partial charge in [0.15, 0.2) is 5.16 Å². The molecule has 0 aliphatic rings. The number of aromatic nitrogens is 2. The van der Waals surface area contributed by atoms with Gasteiger partial charge >= 0.3 is 0 Å². The maximum Gasteiger partial charge on any atom is 0.188 e. The van der Waals surface area contributed by atoms with Gasteiger partial charge in [0.25, 0.3) is 0 Å². The number of hydrogen-bond acceptors (Lipinski definition) is 4. The molecule has 0 aliphatic carbocycles. The highest BCUT2D eigenvalue weighted by molar-refractivity contribution is 7.98. The highest BCUT2D eigenvalue weighted by Gasteiger charge is 2.08. The third-order valence-electron chi connectivity index (χ3n) is 3.36. The van der Waals surface area contributed by atoms with E-state index in [2.05, 4.69) is 9.97 Å². The topological polar surface area (TPSA) is 51.8 Å². The van der Waals surface area contributed by atoms with Crippen molar-refractivity contribution in [1.29, 1.82) is 0 Å². The maximum absolute atomic E-state index is 13.3. The average molecular weight is 291 g/mol. The Morgan fingerprint density at radius 3 is 2.35 bits per heavy atom. The van der Waals surface area contributed by atoms with Gasteiger partial charge in [-0.1, -0.05) is 17.8 Å². The number of benzene rings is 1. The molecular formula is C15H18FN3S. The number of halogens is 1. The van der Waals surface area contributed by atoms with Gasteiger partial charge in [0.05, 0.1) is 0 Å². The molecule has 0 fully saturated rings. The Labute approximate surface area is 122 Å². The number of aryl methyl sites for hydroxylation is 2. The summed E-state index contributed by atoms with van der Waals surface area (Å²) in [7, 11) is 0. The van der Waals surface area contributed by atoms with Crippen molar-refractivity contribution in [2.24, 2.45) is 5.73 Å². The minimum absolute atomic E-state index is 0.241. The van der Waals surface area contributed by atoms with E-state index in [4.69, 9.17) is 5.73 Å². The van der Waals surface area contributed by atoms with Crippen LogP contribution in [-0.4, -0.2) is 9.97 Å². The van der Waals surface area contributed by atoms with Gasteiger partial charge in [-0.15, -0.1) is 0 Å². The molecule has 1 aromatic carbocycles. The lowest BCUT2D eigenvalue weighted by atomic mass is 10.1. The van der Waals surface area contributed by atoms with Gasteiger partial charge in [0, 0.05) is 23.7 Å². The van der Waals surface area contributed by atoms with Crippen LogP contribution in [0, 0.1) is 26.6 Å². The van der Waals surface area contributed by atoms with Crippen molar-refractivity contribution < 1.29 is 4.39 Å². The number of nitrogens with zero attached hydrogens (tertiary/aromatic N) is 2. The third kappa shape index (κ3) is 3.35. The molecule has 0 unspecified atom stereocenters. The van der Waals surface area contributed by atoms with E-state index in [1.807, 2.05) is 20.8 Å². The molecule has 0 amide bonds. The SMILES string of the molecule is Cc1nc(SCc2cc(F)ccc2CN)nc(C)c1C. The predicted octanol–water partition coefficient (Wildman–Crippen LogP) is 3.29. The van der Waals surface area contributed by atoms with E-state index < -0.39 is 0 Å². The summed E-state index contributed by atoms with van der Waals surface area (Å²) in [6.45, 7) is 6.37. The maximum atomic E-state index is 13.3. The standard InChI is InChI=1S/C15H18FN3S/c1-9-10(2)18-15(19-11(9)3)20-8-13-6-14(16)5-4-12(13)7-17/h4-6H,7-8,17H2,1-3H3. The van der Waals surface area contributed by atoms with Crippen LogP contribution in [-0.2, 0) is 12.3 Å². The molecule has 20 heavy (non-hydrogen) atoms. The van der Waals surface area contributed by atoms with Crippen molar-refractivity contribution in [1.82, 2.24) is 9.97 Å². The lowest BCUT2D eigenvalue weighted by Gasteiger charge is -2.09. The van der Waals surface area contributed by atoms with Crippen LogP contribution in [0.25, 0.3) is 0 Å². The third-order valence-corrected chi connectivity index (χ3v) is 4.25. The molecule has 5 heteroatoms. The molecule has 2 rings (SSSR count). The zero-order valence-electron chi connectivity index (χ0n) is 11.9. The Morgan fingerprint density at radius 2 is 1.75 bits per heavy atom. The zero-order chi connectivity index (χ0) is 14.7. The highest BCUT2D eigenvalue weighted by Crippen LogP contribution is 2.23. The molecular weight excluding hydrogens is 273 g/mol. The fourth-order valence-corrected chi connectivity index (χ4v) is 2.83. The molecule has 0 spiro atoms. The van der Waals surface area contributed by atoms with Crippen LogP contribution in [0.5, 0.6) is 0 Å². The van der Waals surface area contributed by atoms with E-state index in [-0.39, 0.29) is 5.82 Å². The first-order valence-electron chi connectivity index (χ1n) is 6.43. The summed E-state index contributed by atoms with van der Waals surface area (Å²) >= 11 is 1.50. The van der Waals surface area contributed by atoms with Gasteiger partial charge in [-0.25, -0.2) is 14.4 Å². The predicted molar refractivity (Wildman–Crippen MR) is 80.1 cm³/mol. The monoisotopic (exact) mass is 291 g/mol. The minimum Gasteiger partial charge on any atom is -0.326 e. The lowest BCUT2D eigenvalue weighted by molar-refractivity contribution is 0.625. The molecule has 2 N–H and O–H groups in total. The fourth-order valence-electron chi connectivity index (χ4n) is 1.88. The van der Waals surface area contributed by atoms with Gasteiger partial charge in [0.2, 0.25) is 0 Å². The van der Waals surface area contributed by atoms with Gasteiger partial charge in [-0.05, 0) is 49.6 Å². The van der Waals surface area contributed by atoms with Crippen LogP contribution in [0.1, 0.15) is 28.1 Å². The molecule has 1 heterocycles. The molecule has 106 valence electrons. The molecule has 1 aromatic heterocycles. The highest BCUT2D eigenvalue weighted by atomic mass is 32.2. The van der Waals surface area contributed by atoms with Crippen LogP contribution in [0.15, 0.2) is 23.4 Å². The second-order valence-electron chi connectivity index (χ2n) is 4.71. The molecule has 3 nitrogen and oxygen atoms in total. The molecule has 2 aromatic rings. The van der Waals surface area contributed by atoms with E-state index in [9.17, 15) is 4.39 Å². The van der Waals surface area contributed by atoms with E-state index in [1.165, 1.54) is 23.9 Å². The van der Waals surface area contributed by atoms with Crippen LogP contribution in [0.4, 0.5) is 4.39 Å². The summed E-state index contributed by atoms with van der Waals surface area (Å²) in [6.07, 6.45) is 0. The normalized spacial score (nSPS) is 10.8. The Kier molecular flexibility index (Phi) is 4.73. The Hall–Kier alpha value is -1.46. The quantitative estimate of drug-likeness (QED) is 0.693. The molecule has 0 atom stereocenters. The zero-order valence-corrected chi connectivity index (χ0v) is 12.7. The summed E-state index contributed by atoms with van der Waals surface area (Å²) in [5.41, 5.74) is 10.6. The lowest BCUT2D eigenvalue weighted by Crippen LogP contribution is -2.02. The van der Waals surface area contributed by atoms with Gasteiger partial charge in [-0.2, -0.15) is 0 Å². The van der Waals surface area contributed by atoms with Gasteiger partial charge in [-0.3, -0.25) is 0 Å². The average Bonchev–Trinajstić information content (AvgIpc) is 2.42. The van der Waals surface area contributed by atoms with Gasteiger partial charge in [0.1, 0.15) is 5.82 Å². The largest absolute Gasteiger partial charge is 0.326 e. The second kappa shape index (κ2) is 6.33. The molecule has 0 aliphatic heterocycles. The van der Waals surface area contributed by atoms with Gasteiger partial charge < -0.3 is 5.73 Å². The molecule has 0 radical (unpaired) electrons. The van der Waals surface area contributed by atoms with Crippen LogP contribution < -0.4 is 5.73 Å². The van der Waals surface area contributed by atoms with E-state index in [0.29, 0.717) is 12.3 Å². The van der Waals surface area contributed by atoms with E-state index in [1.54, 1.807) is 6.07 Å². The van der Waals surface area contributed by atoms with Crippen molar-refractivity contribution in [2.75, 3.05) is 0 Å². The van der Waals surface area contributed by atoms with Crippen molar-refractivity contribution in [2.45, 2.75) is 38.2 Å². The summed E-state index contributed by atoms with van der Waals surface area (Å²) in [5.74, 6) is 0.377. The fraction of sp³-hybridized carbons (Fsp3) is 0.333. The number of thioether (sulfide) groups is 1. The smallest absolute Gasteiger partial charge is 0.188 e. The van der Waals surface area contributed by atoms with Crippen molar-refractivity contribution >= 4 is 11.8 Å². The van der Waals surface area contributed by atoms with Crippen LogP contribution in [0.3, 0.4) is 0 Å². The number of hydrogen-bond donors (Lipinski definition) is 1. The minimum atomic E-state index is -0.241. The Bertz CT molecular complexity index is 606. The molecule has 0 saturated carbocycles. The Morgan fingerprint density at radius 1 is 1.10 bits per heavy atom. The summed E-state index contributed by atoms with van der Waals surface area (Å²) in [6, 6.07) is 4.70. The van der Waals surface area contributed by atoms with Crippen LogP contribution >= 0.6 is 11.8 Å².